The molecule has 0 saturated carbocycles. The van der Waals surface area contributed by atoms with E-state index in [4.69, 9.17) is 17.3 Å². The topological polar surface area (TPSA) is 43.1 Å². The van der Waals surface area contributed by atoms with E-state index in [1.807, 2.05) is 0 Å². The van der Waals surface area contributed by atoms with Crippen LogP contribution in [-0.4, -0.2) is 5.91 Å². The molecule has 2 rings (SSSR count). The Balaban J connectivity index is 2.67. The van der Waals surface area contributed by atoms with Crippen LogP contribution in [0.25, 0.3) is 11.1 Å². The van der Waals surface area contributed by atoms with Gasteiger partial charge in [0, 0.05) is 0 Å². The van der Waals surface area contributed by atoms with Crippen LogP contribution < -0.4 is 5.73 Å². The number of carbonyl (C=O) groups is 1. The number of amides is 1. The van der Waals surface area contributed by atoms with Gasteiger partial charge in [-0.05, 0) is 29.3 Å². The summed E-state index contributed by atoms with van der Waals surface area (Å²) >= 11 is 5.56. The molecule has 2 aromatic rings. The number of halogens is 3. The SMILES string of the molecule is NC(=O)c1c(F)cccc1-c1ccc(Cl)c(F)c1. The average Bonchev–Trinajstić information content (AvgIpc) is 2.32. The number of benzene rings is 2. The highest BCUT2D eigenvalue weighted by atomic mass is 35.5. The monoisotopic (exact) mass is 267 g/mol. The molecule has 2 N–H and O–H groups in total. The van der Waals surface area contributed by atoms with Gasteiger partial charge in [-0.3, -0.25) is 4.79 Å². The second-order valence-electron chi connectivity index (χ2n) is 3.66. The third-order valence-corrected chi connectivity index (χ3v) is 2.80. The normalized spacial score (nSPS) is 10.4. The van der Waals surface area contributed by atoms with Gasteiger partial charge in [0.1, 0.15) is 11.6 Å². The van der Waals surface area contributed by atoms with Gasteiger partial charge in [-0.15, -0.1) is 0 Å². The minimum Gasteiger partial charge on any atom is -0.365 e. The molecule has 0 radical (unpaired) electrons. The molecule has 0 bridgehead atoms. The van der Waals surface area contributed by atoms with Crippen LogP contribution in [0.1, 0.15) is 10.4 Å². The van der Waals surface area contributed by atoms with Crippen molar-refractivity contribution in [3.63, 3.8) is 0 Å². The fourth-order valence-electron chi connectivity index (χ4n) is 1.68. The fourth-order valence-corrected chi connectivity index (χ4v) is 1.80. The van der Waals surface area contributed by atoms with Crippen LogP contribution in [0.4, 0.5) is 8.78 Å². The number of hydrogen-bond donors (Lipinski definition) is 1. The highest BCUT2D eigenvalue weighted by Gasteiger charge is 2.15. The summed E-state index contributed by atoms with van der Waals surface area (Å²) in [6.07, 6.45) is 0. The van der Waals surface area contributed by atoms with Crippen LogP contribution in [0.5, 0.6) is 0 Å². The quantitative estimate of drug-likeness (QED) is 0.890. The van der Waals surface area contributed by atoms with Crippen molar-refractivity contribution in [1.29, 1.82) is 0 Å². The first-order valence-electron chi connectivity index (χ1n) is 5.04. The number of nitrogens with two attached hydrogens (primary N) is 1. The van der Waals surface area contributed by atoms with E-state index in [-0.39, 0.29) is 16.1 Å². The first-order chi connectivity index (χ1) is 8.50. The molecule has 5 heteroatoms. The minimum atomic E-state index is -0.904. The summed E-state index contributed by atoms with van der Waals surface area (Å²) in [4.78, 5) is 11.2. The van der Waals surface area contributed by atoms with Gasteiger partial charge >= 0.3 is 0 Å². The molecular weight excluding hydrogens is 260 g/mol. The van der Waals surface area contributed by atoms with Gasteiger partial charge in [0.15, 0.2) is 0 Å². The summed E-state index contributed by atoms with van der Waals surface area (Å²) in [7, 11) is 0. The Morgan fingerprint density at radius 1 is 1.11 bits per heavy atom. The van der Waals surface area contributed by atoms with Crippen molar-refractivity contribution in [2.45, 2.75) is 0 Å². The van der Waals surface area contributed by atoms with Crippen LogP contribution in [0.15, 0.2) is 36.4 Å². The predicted octanol–water partition coefficient (Wildman–Crippen LogP) is 3.38. The Bertz CT molecular complexity index is 628. The molecule has 0 aromatic heterocycles. The highest BCUT2D eigenvalue weighted by Crippen LogP contribution is 2.28. The molecule has 1 amide bonds. The molecule has 2 aromatic carbocycles. The molecule has 18 heavy (non-hydrogen) atoms. The lowest BCUT2D eigenvalue weighted by Gasteiger charge is -2.08. The van der Waals surface area contributed by atoms with Gasteiger partial charge < -0.3 is 5.73 Å². The molecule has 0 aliphatic carbocycles. The van der Waals surface area contributed by atoms with Crippen molar-refractivity contribution in [3.8, 4) is 11.1 Å². The molecule has 92 valence electrons. The van der Waals surface area contributed by atoms with Gasteiger partial charge in [0.05, 0.1) is 10.6 Å². The summed E-state index contributed by atoms with van der Waals surface area (Å²) < 4.78 is 26.9. The van der Waals surface area contributed by atoms with Crippen molar-refractivity contribution in [3.05, 3.63) is 58.6 Å². The van der Waals surface area contributed by atoms with Crippen molar-refractivity contribution < 1.29 is 13.6 Å². The van der Waals surface area contributed by atoms with Crippen LogP contribution in [0, 0.1) is 11.6 Å². The lowest BCUT2D eigenvalue weighted by atomic mass is 9.99. The molecule has 0 fully saturated rings. The Kier molecular flexibility index (Phi) is 3.30. The average molecular weight is 268 g/mol. The standard InChI is InChI=1S/C13H8ClF2NO/c14-9-5-4-7(6-11(9)16)8-2-1-3-10(15)12(8)13(17)18/h1-6H,(H2,17,18). The van der Waals surface area contributed by atoms with Crippen molar-refractivity contribution in [2.24, 2.45) is 5.73 Å². The van der Waals surface area contributed by atoms with Gasteiger partial charge in [-0.25, -0.2) is 8.78 Å². The van der Waals surface area contributed by atoms with E-state index < -0.39 is 17.5 Å². The second-order valence-corrected chi connectivity index (χ2v) is 4.06. The van der Waals surface area contributed by atoms with Gasteiger partial charge in [0.25, 0.3) is 5.91 Å². The van der Waals surface area contributed by atoms with Crippen LogP contribution in [-0.2, 0) is 0 Å². The maximum Gasteiger partial charge on any atom is 0.252 e. The molecule has 0 atom stereocenters. The first kappa shape index (κ1) is 12.5. The lowest BCUT2D eigenvalue weighted by molar-refractivity contribution is 0.0997. The van der Waals surface area contributed by atoms with Crippen LogP contribution in [0.3, 0.4) is 0 Å². The highest BCUT2D eigenvalue weighted by molar-refractivity contribution is 6.30. The summed E-state index contributed by atoms with van der Waals surface area (Å²) in [5, 5.41) is -0.0456. The second kappa shape index (κ2) is 4.74. The smallest absolute Gasteiger partial charge is 0.252 e. The third-order valence-electron chi connectivity index (χ3n) is 2.49. The molecule has 0 unspecified atom stereocenters. The first-order valence-corrected chi connectivity index (χ1v) is 5.42. The van der Waals surface area contributed by atoms with Gasteiger partial charge in [0.2, 0.25) is 0 Å². The molecular formula is C13H8ClF2NO. The minimum absolute atomic E-state index is 0.0456. The number of primary amides is 1. The Labute approximate surface area is 107 Å². The van der Waals surface area contributed by atoms with E-state index in [0.717, 1.165) is 12.1 Å². The molecule has 0 saturated heterocycles. The summed E-state index contributed by atoms with van der Waals surface area (Å²) in [6, 6.07) is 7.99. The largest absolute Gasteiger partial charge is 0.365 e. The zero-order valence-corrected chi connectivity index (χ0v) is 9.84. The van der Waals surface area contributed by atoms with E-state index in [2.05, 4.69) is 0 Å². The zero-order chi connectivity index (χ0) is 13.3. The van der Waals surface area contributed by atoms with E-state index in [1.54, 1.807) is 0 Å². The third kappa shape index (κ3) is 2.19. The Morgan fingerprint density at radius 2 is 1.83 bits per heavy atom. The molecule has 0 aliphatic heterocycles. The molecule has 2 nitrogen and oxygen atoms in total. The fraction of sp³-hybridized carbons (Fsp3) is 0. The van der Waals surface area contributed by atoms with E-state index in [0.29, 0.717) is 5.56 Å². The molecule has 0 spiro atoms. The number of hydrogen-bond acceptors (Lipinski definition) is 1. The van der Waals surface area contributed by atoms with E-state index in [9.17, 15) is 13.6 Å². The van der Waals surface area contributed by atoms with E-state index in [1.165, 1.54) is 24.3 Å². The maximum absolute atomic E-state index is 13.5. The molecule has 0 heterocycles. The summed E-state index contributed by atoms with van der Waals surface area (Å²) in [6.45, 7) is 0. The maximum atomic E-state index is 13.5. The molecule has 0 aliphatic rings. The van der Waals surface area contributed by atoms with Crippen molar-refractivity contribution in [2.75, 3.05) is 0 Å². The predicted molar refractivity (Wildman–Crippen MR) is 65.3 cm³/mol. The van der Waals surface area contributed by atoms with E-state index >= 15 is 0 Å². The lowest BCUT2D eigenvalue weighted by Crippen LogP contribution is -2.14. The van der Waals surface area contributed by atoms with Gasteiger partial charge in [-0.2, -0.15) is 0 Å². The number of carbonyl (C=O) groups excluding carboxylic acids is 1. The Morgan fingerprint density at radius 3 is 2.44 bits per heavy atom. The van der Waals surface area contributed by atoms with Crippen molar-refractivity contribution >= 4 is 17.5 Å². The van der Waals surface area contributed by atoms with Gasteiger partial charge in [-0.1, -0.05) is 29.8 Å². The number of rotatable bonds is 2. The van der Waals surface area contributed by atoms with Crippen LogP contribution in [0.2, 0.25) is 5.02 Å². The van der Waals surface area contributed by atoms with Crippen molar-refractivity contribution in [1.82, 2.24) is 0 Å². The zero-order valence-electron chi connectivity index (χ0n) is 9.08. The summed E-state index contributed by atoms with van der Waals surface area (Å²) in [5.74, 6) is -2.29. The Hall–Kier alpha value is -1.94. The summed E-state index contributed by atoms with van der Waals surface area (Å²) in [5.41, 5.74) is 5.43. The van der Waals surface area contributed by atoms with Crippen LogP contribution >= 0.6 is 11.6 Å².